The Hall–Kier alpha value is -2.08. The molecule has 1 saturated heterocycles. The molecule has 1 atom stereocenters. The molecule has 20 heavy (non-hydrogen) atoms. The van der Waals surface area contributed by atoms with Crippen LogP contribution < -0.4 is 10.1 Å². The fourth-order valence-corrected chi connectivity index (χ4v) is 2.52. The van der Waals surface area contributed by atoms with Gasteiger partial charge >= 0.3 is 0 Å². The molecule has 1 N–H and O–H groups in total. The Balaban J connectivity index is 1.96. The number of benzene rings is 1. The van der Waals surface area contributed by atoms with Gasteiger partial charge in [0.2, 0.25) is 5.91 Å². The van der Waals surface area contributed by atoms with E-state index in [9.17, 15) is 4.79 Å². The fraction of sp³-hybridized carbons (Fsp3) is 0.214. The van der Waals surface area contributed by atoms with E-state index in [2.05, 4.69) is 22.1 Å². The van der Waals surface area contributed by atoms with Gasteiger partial charge in [0.05, 0.1) is 18.6 Å². The second kappa shape index (κ2) is 6.91. The molecule has 1 fully saturated rings. The van der Waals surface area contributed by atoms with Crippen LogP contribution in [-0.4, -0.2) is 29.6 Å². The zero-order chi connectivity index (χ0) is 14.4. The number of methoxy groups -OCH3 is 1. The van der Waals surface area contributed by atoms with Gasteiger partial charge in [0.15, 0.2) is 5.17 Å². The molecule has 0 radical (unpaired) electrons. The lowest BCUT2D eigenvalue weighted by Gasteiger charge is -1.98. The molecule has 104 valence electrons. The Labute approximate surface area is 121 Å². The largest absolute Gasteiger partial charge is 0.497 e. The number of carbonyl (C=O) groups is 1. The monoisotopic (exact) mass is 289 g/mol. The van der Waals surface area contributed by atoms with Crippen LogP contribution in [0.25, 0.3) is 0 Å². The van der Waals surface area contributed by atoms with Crippen molar-refractivity contribution in [1.29, 1.82) is 0 Å². The average Bonchev–Trinajstić information content (AvgIpc) is 2.80. The molecule has 0 spiro atoms. The summed E-state index contributed by atoms with van der Waals surface area (Å²) in [6.45, 7) is 3.63. The number of nitrogens with zero attached hydrogens (tertiary/aromatic N) is 2. The molecule has 1 heterocycles. The predicted octanol–water partition coefficient (Wildman–Crippen LogP) is 2.19. The molecule has 1 aromatic carbocycles. The van der Waals surface area contributed by atoms with Gasteiger partial charge in [-0.1, -0.05) is 17.8 Å². The second-order valence-electron chi connectivity index (χ2n) is 4.04. The zero-order valence-corrected chi connectivity index (χ0v) is 11.9. The number of hydrogen-bond acceptors (Lipinski definition) is 5. The van der Waals surface area contributed by atoms with Gasteiger partial charge in [-0.3, -0.25) is 4.79 Å². The second-order valence-corrected chi connectivity index (χ2v) is 5.23. The maximum absolute atomic E-state index is 11.6. The first kappa shape index (κ1) is 14.3. The van der Waals surface area contributed by atoms with Gasteiger partial charge in [0, 0.05) is 0 Å². The van der Waals surface area contributed by atoms with Gasteiger partial charge in [-0.25, -0.2) is 0 Å². The van der Waals surface area contributed by atoms with Crippen molar-refractivity contribution >= 4 is 29.1 Å². The van der Waals surface area contributed by atoms with Crippen LogP contribution in [0.15, 0.2) is 47.1 Å². The van der Waals surface area contributed by atoms with Gasteiger partial charge < -0.3 is 10.1 Å². The molecular weight excluding hydrogens is 274 g/mol. The van der Waals surface area contributed by atoms with Gasteiger partial charge in [-0.15, -0.1) is 11.7 Å². The van der Waals surface area contributed by atoms with Crippen molar-refractivity contribution in [2.45, 2.75) is 11.7 Å². The van der Waals surface area contributed by atoms with Crippen molar-refractivity contribution in [3.63, 3.8) is 0 Å². The van der Waals surface area contributed by atoms with E-state index < -0.39 is 0 Å². The van der Waals surface area contributed by atoms with Crippen molar-refractivity contribution in [3.8, 4) is 5.75 Å². The zero-order valence-electron chi connectivity index (χ0n) is 11.1. The van der Waals surface area contributed by atoms with Crippen LogP contribution >= 0.6 is 11.8 Å². The SMILES string of the molecule is C=CCC1S/C(=N/N=Cc2ccc(OC)cc2)NC1=O. The van der Waals surface area contributed by atoms with Crippen LogP contribution in [-0.2, 0) is 4.79 Å². The third kappa shape index (κ3) is 3.71. The molecule has 1 unspecified atom stereocenters. The summed E-state index contributed by atoms with van der Waals surface area (Å²) < 4.78 is 5.07. The lowest BCUT2D eigenvalue weighted by Crippen LogP contribution is -2.24. The van der Waals surface area contributed by atoms with Crippen molar-refractivity contribution in [3.05, 3.63) is 42.5 Å². The molecule has 1 aliphatic heterocycles. The molecule has 1 amide bonds. The first-order chi connectivity index (χ1) is 9.72. The third-order valence-electron chi connectivity index (χ3n) is 2.63. The maximum atomic E-state index is 11.6. The standard InChI is InChI=1S/C14H15N3O2S/c1-3-4-12-13(18)16-14(20-12)17-15-9-10-5-7-11(19-2)8-6-10/h3,5-9,12H,1,4H2,2H3,(H,16,17,18). The summed E-state index contributed by atoms with van der Waals surface area (Å²) in [4.78, 5) is 11.6. The third-order valence-corrected chi connectivity index (χ3v) is 3.73. The molecule has 6 heteroatoms. The van der Waals surface area contributed by atoms with Crippen LogP contribution in [0.5, 0.6) is 5.75 Å². The Kier molecular flexibility index (Phi) is 4.95. The Morgan fingerprint density at radius 1 is 1.45 bits per heavy atom. The van der Waals surface area contributed by atoms with Crippen molar-refractivity contribution < 1.29 is 9.53 Å². The minimum absolute atomic E-state index is 0.0479. The van der Waals surface area contributed by atoms with Gasteiger partial charge in [-0.05, 0) is 36.2 Å². The molecule has 1 aromatic rings. The highest BCUT2D eigenvalue weighted by atomic mass is 32.2. The number of amides is 1. The molecule has 0 saturated carbocycles. The summed E-state index contributed by atoms with van der Waals surface area (Å²) in [7, 11) is 1.62. The number of ether oxygens (including phenoxy) is 1. The van der Waals surface area contributed by atoms with Crippen molar-refractivity contribution in [2.24, 2.45) is 10.2 Å². The number of nitrogens with one attached hydrogen (secondary N) is 1. The van der Waals surface area contributed by atoms with E-state index in [1.165, 1.54) is 11.8 Å². The van der Waals surface area contributed by atoms with E-state index in [1.54, 1.807) is 19.4 Å². The number of hydrogen-bond donors (Lipinski definition) is 1. The van der Waals surface area contributed by atoms with Crippen molar-refractivity contribution in [1.82, 2.24) is 5.32 Å². The number of rotatable bonds is 5. The number of amidine groups is 1. The van der Waals surface area contributed by atoms with E-state index in [4.69, 9.17) is 4.74 Å². The van der Waals surface area contributed by atoms with Crippen molar-refractivity contribution in [2.75, 3.05) is 7.11 Å². The molecule has 2 rings (SSSR count). The Morgan fingerprint density at radius 3 is 2.85 bits per heavy atom. The summed E-state index contributed by atoms with van der Waals surface area (Å²) in [5.41, 5.74) is 0.909. The van der Waals surface area contributed by atoms with Crippen LogP contribution in [0.4, 0.5) is 0 Å². The maximum Gasteiger partial charge on any atom is 0.239 e. The highest BCUT2D eigenvalue weighted by molar-refractivity contribution is 8.15. The highest BCUT2D eigenvalue weighted by Crippen LogP contribution is 2.22. The Morgan fingerprint density at radius 2 is 2.20 bits per heavy atom. The Bertz CT molecular complexity index is 552. The molecule has 0 bridgehead atoms. The summed E-state index contributed by atoms with van der Waals surface area (Å²) in [6.07, 6.45) is 3.97. The van der Waals surface area contributed by atoms with E-state index in [0.717, 1.165) is 11.3 Å². The van der Waals surface area contributed by atoms with Crippen LogP contribution in [0.3, 0.4) is 0 Å². The molecule has 1 aliphatic rings. The summed E-state index contributed by atoms with van der Waals surface area (Å²) >= 11 is 1.37. The lowest BCUT2D eigenvalue weighted by atomic mass is 10.2. The number of thioether (sulfide) groups is 1. The molecule has 0 aromatic heterocycles. The fourth-order valence-electron chi connectivity index (χ4n) is 1.60. The highest BCUT2D eigenvalue weighted by Gasteiger charge is 2.28. The first-order valence-corrected chi connectivity index (χ1v) is 6.94. The minimum Gasteiger partial charge on any atom is -0.497 e. The molecular formula is C14H15N3O2S. The average molecular weight is 289 g/mol. The lowest BCUT2D eigenvalue weighted by molar-refractivity contribution is -0.118. The number of carbonyl (C=O) groups excluding carboxylic acids is 1. The predicted molar refractivity (Wildman–Crippen MR) is 82.4 cm³/mol. The van der Waals surface area contributed by atoms with E-state index in [-0.39, 0.29) is 11.2 Å². The minimum atomic E-state index is -0.151. The smallest absolute Gasteiger partial charge is 0.239 e. The van der Waals surface area contributed by atoms with Gasteiger partial charge in [0.1, 0.15) is 5.75 Å². The van der Waals surface area contributed by atoms with Gasteiger partial charge in [-0.2, -0.15) is 5.10 Å². The summed E-state index contributed by atoms with van der Waals surface area (Å²) in [5.74, 6) is 0.743. The van der Waals surface area contributed by atoms with Crippen LogP contribution in [0, 0.1) is 0 Å². The quantitative estimate of drug-likeness (QED) is 0.513. The van der Waals surface area contributed by atoms with Crippen LogP contribution in [0.1, 0.15) is 12.0 Å². The van der Waals surface area contributed by atoms with E-state index in [0.29, 0.717) is 11.6 Å². The van der Waals surface area contributed by atoms with Crippen LogP contribution in [0.2, 0.25) is 0 Å². The topological polar surface area (TPSA) is 63.1 Å². The first-order valence-electron chi connectivity index (χ1n) is 6.06. The molecule has 0 aliphatic carbocycles. The van der Waals surface area contributed by atoms with E-state index >= 15 is 0 Å². The van der Waals surface area contributed by atoms with E-state index in [1.807, 2.05) is 24.3 Å². The summed E-state index contributed by atoms with van der Waals surface area (Å²) in [6, 6.07) is 7.45. The molecule has 5 nitrogen and oxygen atoms in total. The normalized spacial score (nSPS) is 20.4. The summed E-state index contributed by atoms with van der Waals surface area (Å²) in [5, 5.41) is 11.0. The number of allylic oxidation sites excluding steroid dienone is 1. The van der Waals surface area contributed by atoms with Gasteiger partial charge in [0.25, 0.3) is 0 Å².